The van der Waals surface area contributed by atoms with Crippen molar-refractivity contribution in [2.45, 2.75) is 93.5 Å². The third kappa shape index (κ3) is 5.59. The standard InChI is InChI=1S/C21H23.C20H21.C2H7Si.2ClH.Zr/c1-14-13-17-7-6-8-19(20(17)15(14)2)16-9-11-18(12-10-16)21(3,4)5;1-14-12-16-6-5-7-18(19(16)13-14)15-8-10-17(11-9-15)20(2,3)4;1-3-2;;;/h6-13H,1-5H3;5-13H,1-4H3;3H,1-2H3;2*1H;/q;;;;;+2/p-2. The molecular weight excluding hydrogens is 707 g/mol. The molecule has 0 saturated carbocycles. The first-order valence-electron chi connectivity index (χ1n) is 17.3. The van der Waals surface area contributed by atoms with E-state index in [0.717, 1.165) is 0 Å². The molecule has 0 heterocycles. The van der Waals surface area contributed by atoms with Gasteiger partial charge >= 0.3 is 295 Å². The molecule has 0 aromatic heterocycles. The third-order valence-electron chi connectivity index (χ3n) is 11.4. The molecular formula is C43H51Cl2SiZr. The summed E-state index contributed by atoms with van der Waals surface area (Å²) in [5.74, 6) is -1.61. The summed E-state index contributed by atoms with van der Waals surface area (Å²) in [7, 11) is 17.1. The van der Waals surface area contributed by atoms with E-state index in [9.17, 15) is 0 Å². The van der Waals surface area contributed by atoms with Gasteiger partial charge in [-0.3, -0.25) is 0 Å². The molecule has 47 heavy (non-hydrogen) atoms. The zero-order chi connectivity index (χ0) is 34.3. The van der Waals surface area contributed by atoms with Crippen molar-refractivity contribution in [2.24, 2.45) is 0 Å². The first-order chi connectivity index (χ1) is 21.8. The third-order valence-corrected chi connectivity index (χ3v) is 63.6. The second kappa shape index (κ2) is 11.8. The maximum absolute atomic E-state index is 8.55. The summed E-state index contributed by atoms with van der Waals surface area (Å²) in [4.78, 5) is 0. The molecule has 0 bridgehead atoms. The molecule has 0 nitrogen and oxygen atoms in total. The van der Waals surface area contributed by atoms with E-state index in [1.807, 2.05) is 0 Å². The van der Waals surface area contributed by atoms with Crippen LogP contribution in [0.1, 0.15) is 103 Å². The molecule has 2 atom stereocenters. The van der Waals surface area contributed by atoms with E-state index in [2.05, 4.69) is 166 Å². The van der Waals surface area contributed by atoms with Gasteiger partial charge in [0.15, 0.2) is 0 Å². The summed E-state index contributed by atoms with van der Waals surface area (Å²) in [5, 5.41) is 0. The molecule has 0 fully saturated rings. The van der Waals surface area contributed by atoms with Gasteiger partial charge in [0.2, 0.25) is 0 Å². The fraction of sp³-hybridized carbons (Fsp3) is 0.349. The number of fused-ring (bicyclic) bond motifs is 2. The average molecular weight is 758 g/mol. The van der Waals surface area contributed by atoms with E-state index < -0.39 is 21.5 Å². The second-order valence-corrected chi connectivity index (χ2v) is 59.2. The van der Waals surface area contributed by atoms with Crippen molar-refractivity contribution in [3.8, 4) is 22.3 Å². The van der Waals surface area contributed by atoms with Crippen molar-refractivity contribution in [2.75, 3.05) is 0 Å². The number of hydrogen-bond donors (Lipinski definition) is 0. The van der Waals surface area contributed by atoms with Crippen molar-refractivity contribution in [3.05, 3.63) is 129 Å². The van der Waals surface area contributed by atoms with Crippen LogP contribution in [-0.2, 0) is 26.4 Å². The van der Waals surface area contributed by atoms with E-state index >= 15 is 0 Å². The van der Waals surface area contributed by atoms with Crippen LogP contribution in [0.3, 0.4) is 0 Å². The zero-order valence-electron chi connectivity index (χ0n) is 30.1. The number of halogens is 2. The van der Waals surface area contributed by atoms with Crippen LogP contribution in [-0.4, -0.2) is 5.92 Å². The fourth-order valence-electron chi connectivity index (χ4n) is 8.50. The van der Waals surface area contributed by atoms with Crippen LogP contribution in [0, 0.1) is 0 Å². The molecule has 4 aromatic rings. The van der Waals surface area contributed by atoms with Crippen LogP contribution >= 0.6 is 17.0 Å². The maximum atomic E-state index is 8.55. The molecule has 0 aliphatic heterocycles. The molecule has 2 unspecified atom stereocenters. The summed E-state index contributed by atoms with van der Waals surface area (Å²) in [6, 6.07) is 32.0. The van der Waals surface area contributed by atoms with E-state index in [4.69, 9.17) is 17.0 Å². The average Bonchev–Trinajstić information content (AvgIpc) is 3.49. The minimum absolute atomic E-state index is 0.0867. The SMILES string of the molecule is CC1=Cc2c(-c3ccc(C(C)(C)C)cc3)cccc2[CH]1[Zr]([Cl])([Cl])([CH]1C(C)=C(C)c2c(-c3ccc(C(C)(C)C)cc3)cccc21)[SiH](C)C. The van der Waals surface area contributed by atoms with Gasteiger partial charge < -0.3 is 0 Å². The Hall–Kier alpha value is -1.96. The van der Waals surface area contributed by atoms with Gasteiger partial charge in [0.25, 0.3) is 0 Å². The fourth-order valence-corrected chi connectivity index (χ4v) is 41.4. The van der Waals surface area contributed by atoms with Crippen molar-refractivity contribution in [1.29, 1.82) is 0 Å². The summed E-state index contributed by atoms with van der Waals surface area (Å²) >= 11 is -4.77. The number of benzene rings is 4. The van der Waals surface area contributed by atoms with Gasteiger partial charge in [-0.05, 0) is 0 Å². The van der Waals surface area contributed by atoms with Gasteiger partial charge in [0, 0.05) is 0 Å². The molecule has 0 radical (unpaired) electrons. The molecule has 4 heteroatoms. The van der Waals surface area contributed by atoms with Gasteiger partial charge in [-0.1, -0.05) is 0 Å². The van der Waals surface area contributed by atoms with Crippen molar-refractivity contribution in [1.82, 2.24) is 0 Å². The molecule has 2 aliphatic rings. The van der Waals surface area contributed by atoms with Crippen molar-refractivity contribution < 1.29 is 15.6 Å². The monoisotopic (exact) mass is 755 g/mol. The molecule has 6 rings (SSSR count). The summed E-state index contributed by atoms with van der Waals surface area (Å²) in [6.45, 7) is 25.4. The number of allylic oxidation sites excluding steroid dienone is 3. The van der Waals surface area contributed by atoms with E-state index in [-0.39, 0.29) is 18.1 Å². The molecule has 0 amide bonds. The predicted octanol–water partition coefficient (Wildman–Crippen LogP) is 13.6. The van der Waals surface area contributed by atoms with Crippen LogP contribution in [0.4, 0.5) is 0 Å². The summed E-state index contributed by atoms with van der Waals surface area (Å²) in [6.07, 6.45) is 2.41. The molecule has 245 valence electrons. The topological polar surface area (TPSA) is 0 Å². The summed E-state index contributed by atoms with van der Waals surface area (Å²) < 4.78 is 0.174. The Bertz CT molecular complexity index is 1930. The van der Waals surface area contributed by atoms with Crippen LogP contribution < -0.4 is 0 Å². The van der Waals surface area contributed by atoms with Crippen LogP contribution in [0.25, 0.3) is 33.9 Å². The van der Waals surface area contributed by atoms with Gasteiger partial charge in [-0.2, -0.15) is 0 Å². The Morgan fingerprint density at radius 1 is 0.596 bits per heavy atom. The van der Waals surface area contributed by atoms with Gasteiger partial charge in [-0.15, -0.1) is 0 Å². The van der Waals surface area contributed by atoms with Gasteiger partial charge in [0.05, 0.1) is 0 Å². The van der Waals surface area contributed by atoms with E-state index in [1.54, 1.807) is 0 Å². The van der Waals surface area contributed by atoms with Crippen LogP contribution in [0.2, 0.25) is 13.1 Å². The van der Waals surface area contributed by atoms with Crippen LogP contribution in [0.15, 0.2) is 96.1 Å². The predicted molar refractivity (Wildman–Crippen MR) is 209 cm³/mol. The normalized spacial score (nSPS) is 19.0. The number of hydrogen-bond acceptors (Lipinski definition) is 0. The van der Waals surface area contributed by atoms with E-state index in [0.29, 0.717) is 0 Å². The first kappa shape index (κ1) is 34.9. The Balaban J connectivity index is 1.50. The van der Waals surface area contributed by atoms with Crippen LogP contribution in [0.5, 0.6) is 0 Å². The quantitative estimate of drug-likeness (QED) is 0.178. The molecule has 0 saturated heterocycles. The van der Waals surface area contributed by atoms with Gasteiger partial charge in [-0.25, -0.2) is 0 Å². The van der Waals surface area contributed by atoms with Crippen molar-refractivity contribution >= 4 is 34.6 Å². The Morgan fingerprint density at radius 3 is 1.55 bits per heavy atom. The van der Waals surface area contributed by atoms with Crippen molar-refractivity contribution in [3.63, 3.8) is 0 Å². The number of rotatable bonds is 5. The van der Waals surface area contributed by atoms with E-state index in [1.165, 1.54) is 72.4 Å². The zero-order valence-corrected chi connectivity index (χ0v) is 35.3. The Labute approximate surface area is 293 Å². The second-order valence-electron chi connectivity index (χ2n) is 16.7. The molecule has 2 aliphatic carbocycles. The summed E-state index contributed by atoms with van der Waals surface area (Å²) in [5.41, 5.74) is 17.4. The Morgan fingerprint density at radius 2 is 1.06 bits per heavy atom. The Kier molecular flexibility index (Phi) is 8.78. The molecule has 0 spiro atoms. The molecule has 4 aromatic carbocycles. The minimum atomic E-state index is -4.77. The molecule has 0 N–H and O–H groups in total. The van der Waals surface area contributed by atoms with Gasteiger partial charge in [0.1, 0.15) is 0 Å². The first-order valence-corrected chi connectivity index (χ1v) is 33.6.